The van der Waals surface area contributed by atoms with Crippen LogP contribution in [0.2, 0.25) is 0 Å². The van der Waals surface area contributed by atoms with E-state index < -0.39 is 5.79 Å². The maximum Gasteiger partial charge on any atom is 0.342 e. The molecular weight excluding hydrogens is 324 g/mol. The summed E-state index contributed by atoms with van der Waals surface area (Å²) in [5.41, 5.74) is 2.99. The van der Waals surface area contributed by atoms with Crippen molar-refractivity contribution in [2.24, 2.45) is 0 Å². The van der Waals surface area contributed by atoms with E-state index in [1.165, 1.54) is 0 Å². The summed E-state index contributed by atoms with van der Waals surface area (Å²) in [7, 11) is 0. The molecule has 1 aliphatic heterocycles. The standard InChI is InChI=1S/C23H18O3/c1-2-10-17-11-6-9-16-21(17)25-23(18-12-4-3-5-13-18)20-15-8-7-14-19(20)22(24)26-23/h2-9,11-16H,1,10H2/t23-/m1/s1. The molecule has 0 spiro atoms. The van der Waals surface area contributed by atoms with Gasteiger partial charge in [0.05, 0.1) is 11.1 Å². The predicted molar refractivity (Wildman–Crippen MR) is 100 cm³/mol. The van der Waals surface area contributed by atoms with Crippen LogP contribution in [0.25, 0.3) is 0 Å². The number of cyclic esters (lactones) is 1. The minimum atomic E-state index is -1.30. The van der Waals surface area contributed by atoms with E-state index in [2.05, 4.69) is 6.58 Å². The van der Waals surface area contributed by atoms with Crippen molar-refractivity contribution >= 4 is 5.97 Å². The second kappa shape index (κ2) is 6.52. The Bertz CT molecular complexity index is 962. The van der Waals surface area contributed by atoms with Crippen molar-refractivity contribution in [2.45, 2.75) is 12.2 Å². The molecule has 0 amide bonds. The van der Waals surface area contributed by atoms with Crippen LogP contribution in [0.4, 0.5) is 0 Å². The Morgan fingerprint density at radius 3 is 2.42 bits per heavy atom. The van der Waals surface area contributed by atoms with E-state index in [4.69, 9.17) is 9.47 Å². The Morgan fingerprint density at radius 1 is 0.923 bits per heavy atom. The maximum atomic E-state index is 12.5. The minimum absolute atomic E-state index is 0.384. The molecule has 0 saturated heterocycles. The summed E-state index contributed by atoms with van der Waals surface area (Å²) in [4.78, 5) is 12.5. The molecule has 26 heavy (non-hydrogen) atoms. The quantitative estimate of drug-likeness (QED) is 0.490. The highest BCUT2D eigenvalue weighted by Gasteiger charge is 2.49. The second-order valence-electron chi connectivity index (χ2n) is 6.12. The van der Waals surface area contributed by atoms with Crippen molar-refractivity contribution in [3.63, 3.8) is 0 Å². The van der Waals surface area contributed by atoms with Gasteiger partial charge in [-0.1, -0.05) is 66.7 Å². The molecule has 0 bridgehead atoms. The van der Waals surface area contributed by atoms with Crippen molar-refractivity contribution in [2.75, 3.05) is 0 Å². The molecule has 1 heterocycles. The number of allylic oxidation sites excluding steroid dienone is 1. The zero-order valence-electron chi connectivity index (χ0n) is 14.2. The van der Waals surface area contributed by atoms with E-state index in [0.717, 1.165) is 11.1 Å². The Balaban J connectivity index is 1.90. The summed E-state index contributed by atoms with van der Waals surface area (Å²) >= 11 is 0. The van der Waals surface area contributed by atoms with Gasteiger partial charge in [-0.25, -0.2) is 4.79 Å². The smallest absolute Gasteiger partial charge is 0.342 e. The lowest BCUT2D eigenvalue weighted by atomic mass is 9.95. The normalized spacial score (nSPS) is 18.1. The van der Waals surface area contributed by atoms with Gasteiger partial charge in [0, 0.05) is 5.56 Å². The Hall–Kier alpha value is -3.33. The number of benzene rings is 3. The largest absolute Gasteiger partial charge is 0.444 e. The molecule has 0 unspecified atom stereocenters. The van der Waals surface area contributed by atoms with Gasteiger partial charge in [0.25, 0.3) is 0 Å². The lowest BCUT2D eigenvalue weighted by Gasteiger charge is -2.30. The average molecular weight is 342 g/mol. The number of carbonyl (C=O) groups is 1. The molecular formula is C23H18O3. The highest BCUT2D eigenvalue weighted by molar-refractivity contribution is 5.95. The number of carbonyl (C=O) groups excluding carboxylic acids is 1. The van der Waals surface area contributed by atoms with Crippen LogP contribution in [0, 0.1) is 0 Å². The first-order valence-corrected chi connectivity index (χ1v) is 8.51. The zero-order valence-corrected chi connectivity index (χ0v) is 14.2. The highest BCUT2D eigenvalue weighted by Crippen LogP contribution is 2.44. The van der Waals surface area contributed by atoms with Crippen LogP contribution in [-0.2, 0) is 16.9 Å². The predicted octanol–water partition coefficient (Wildman–Crippen LogP) is 4.87. The summed E-state index contributed by atoms with van der Waals surface area (Å²) in [6, 6.07) is 24.6. The van der Waals surface area contributed by atoms with Crippen LogP contribution in [-0.4, -0.2) is 5.97 Å². The van der Waals surface area contributed by atoms with Crippen LogP contribution in [0.1, 0.15) is 27.0 Å². The van der Waals surface area contributed by atoms with Crippen molar-refractivity contribution in [3.05, 3.63) is 114 Å². The number of ether oxygens (including phenoxy) is 2. The fraction of sp³-hybridized carbons (Fsp3) is 0.0870. The van der Waals surface area contributed by atoms with Crippen LogP contribution >= 0.6 is 0 Å². The van der Waals surface area contributed by atoms with Crippen molar-refractivity contribution in [3.8, 4) is 5.75 Å². The molecule has 3 nitrogen and oxygen atoms in total. The highest BCUT2D eigenvalue weighted by atomic mass is 16.7. The van der Waals surface area contributed by atoms with E-state index in [-0.39, 0.29) is 5.97 Å². The third kappa shape index (κ3) is 2.58. The van der Waals surface area contributed by atoms with Gasteiger partial charge in [-0.2, -0.15) is 0 Å². The number of rotatable bonds is 5. The number of fused-ring (bicyclic) bond motifs is 1. The molecule has 128 valence electrons. The first-order valence-electron chi connectivity index (χ1n) is 8.51. The number of hydrogen-bond donors (Lipinski definition) is 0. The molecule has 0 aliphatic carbocycles. The second-order valence-corrected chi connectivity index (χ2v) is 6.12. The van der Waals surface area contributed by atoms with Gasteiger partial charge in [0.2, 0.25) is 0 Å². The van der Waals surface area contributed by atoms with Gasteiger partial charge in [0.15, 0.2) is 0 Å². The fourth-order valence-corrected chi connectivity index (χ4v) is 3.28. The molecule has 4 rings (SSSR count). The van der Waals surface area contributed by atoms with Crippen molar-refractivity contribution in [1.29, 1.82) is 0 Å². The molecule has 1 atom stereocenters. The van der Waals surface area contributed by atoms with E-state index in [1.807, 2.05) is 78.9 Å². The van der Waals surface area contributed by atoms with Crippen LogP contribution in [0.5, 0.6) is 5.75 Å². The molecule has 3 aromatic carbocycles. The van der Waals surface area contributed by atoms with Crippen LogP contribution in [0.15, 0.2) is 91.5 Å². The summed E-state index contributed by atoms with van der Waals surface area (Å²) < 4.78 is 12.3. The van der Waals surface area contributed by atoms with Gasteiger partial charge in [-0.15, -0.1) is 6.58 Å². The molecule has 0 saturated carbocycles. The van der Waals surface area contributed by atoms with E-state index in [1.54, 1.807) is 6.07 Å². The summed E-state index contributed by atoms with van der Waals surface area (Å²) in [6.07, 6.45) is 2.49. The van der Waals surface area contributed by atoms with Gasteiger partial charge in [-0.05, 0) is 30.2 Å². The SMILES string of the molecule is C=CCc1ccccc1O[C@]1(c2ccccc2)OC(=O)c2ccccc21. The molecule has 0 N–H and O–H groups in total. The molecule has 0 radical (unpaired) electrons. The summed E-state index contributed by atoms with van der Waals surface area (Å²) in [6.45, 7) is 3.81. The number of esters is 1. The monoisotopic (exact) mass is 342 g/mol. The van der Waals surface area contributed by atoms with Gasteiger partial charge in [-0.3, -0.25) is 0 Å². The first kappa shape index (κ1) is 16.2. The molecule has 0 fully saturated rings. The first-order chi connectivity index (χ1) is 12.7. The Labute approximate surface area is 152 Å². The topological polar surface area (TPSA) is 35.5 Å². The molecule has 3 heteroatoms. The van der Waals surface area contributed by atoms with Crippen molar-refractivity contribution in [1.82, 2.24) is 0 Å². The Kier molecular flexibility index (Phi) is 4.05. The van der Waals surface area contributed by atoms with E-state index >= 15 is 0 Å². The van der Waals surface area contributed by atoms with E-state index in [0.29, 0.717) is 23.3 Å². The lowest BCUT2D eigenvalue weighted by molar-refractivity contribution is -0.109. The van der Waals surface area contributed by atoms with Gasteiger partial charge >= 0.3 is 11.8 Å². The number of para-hydroxylation sites is 1. The zero-order chi connectivity index (χ0) is 18.0. The Morgan fingerprint density at radius 2 is 1.62 bits per heavy atom. The maximum absolute atomic E-state index is 12.5. The lowest BCUT2D eigenvalue weighted by Crippen LogP contribution is -2.35. The molecule has 1 aliphatic rings. The van der Waals surface area contributed by atoms with Crippen LogP contribution < -0.4 is 4.74 Å². The van der Waals surface area contributed by atoms with Gasteiger partial charge < -0.3 is 9.47 Å². The molecule has 0 aromatic heterocycles. The fourth-order valence-electron chi connectivity index (χ4n) is 3.28. The van der Waals surface area contributed by atoms with E-state index in [9.17, 15) is 4.79 Å². The third-order valence-electron chi connectivity index (χ3n) is 4.48. The van der Waals surface area contributed by atoms with Gasteiger partial charge in [0.1, 0.15) is 5.75 Å². The third-order valence-corrected chi connectivity index (χ3v) is 4.48. The minimum Gasteiger partial charge on any atom is -0.444 e. The average Bonchev–Trinajstić information content (AvgIpc) is 2.98. The van der Waals surface area contributed by atoms with Crippen LogP contribution in [0.3, 0.4) is 0 Å². The summed E-state index contributed by atoms with van der Waals surface area (Å²) in [5, 5.41) is 0. The van der Waals surface area contributed by atoms with Crippen molar-refractivity contribution < 1.29 is 14.3 Å². The number of hydrogen-bond acceptors (Lipinski definition) is 3. The summed E-state index contributed by atoms with van der Waals surface area (Å²) in [5.74, 6) is -1.02. The molecule has 3 aromatic rings.